The third-order valence-electron chi connectivity index (χ3n) is 4.13. The van der Waals surface area contributed by atoms with Crippen molar-refractivity contribution in [2.24, 2.45) is 0 Å². The summed E-state index contributed by atoms with van der Waals surface area (Å²) in [6.45, 7) is 7.61. The summed E-state index contributed by atoms with van der Waals surface area (Å²) in [5.74, 6) is 0. The van der Waals surface area contributed by atoms with Gasteiger partial charge in [-0.3, -0.25) is 4.98 Å². The van der Waals surface area contributed by atoms with Gasteiger partial charge in [-0.2, -0.15) is 10.5 Å². The van der Waals surface area contributed by atoms with Gasteiger partial charge in [-0.15, -0.1) is 0 Å². The molecule has 3 heteroatoms. The molecule has 0 unspecified atom stereocenters. The fourth-order valence-electron chi connectivity index (χ4n) is 2.38. The van der Waals surface area contributed by atoms with Crippen LogP contribution < -0.4 is 0 Å². The molecule has 0 saturated carbocycles. The number of nitrogens with zero attached hydrogens (tertiary/aromatic N) is 3. The van der Waals surface area contributed by atoms with E-state index >= 15 is 0 Å². The van der Waals surface area contributed by atoms with Crippen molar-refractivity contribution in [2.45, 2.75) is 44.9 Å². The molecule has 0 fully saturated rings. The minimum Gasteiger partial charge on any atom is -0.264 e. The van der Waals surface area contributed by atoms with Crippen LogP contribution in [0.5, 0.6) is 0 Å². The first-order valence-electron chi connectivity index (χ1n) is 7.65. The molecule has 0 N–H and O–H groups in total. The predicted octanol–water partition coefficient (Wildman–Crippen LogP) is 4.27. The Bertz CT molecular complexity index is 731. The van der Waals surface area contributed by atoms with Crippen molar-refractivity contribution in [1.82, 2.24) is 4.98 Å². The lowest BCUT2D eigenvalue weighted by molar-refractivity contribution is 0.659. The SMILES string of the molecule is CC(C)(C#N)c1cc(Cc2cccnc2)cc(C(C)(C)C#N)c1. The van der Waals surface area contributed by atoms with Crippen LogP contribution in [-0.4, -0.2) is 4.98 Å². The van der Waals surface area contributed by atoms with Gasteiger partial charge in [-0.25, -0.2) is 0 Å². The van der Waals surface area contributed by atoms with Crippen molar-refractivity contribution in [2.75, 3.05) is 0 Å². The molecule has 116 valence electrons. The summed E-state index contributed by atoms with van der Waals surface area (Å²) >= 11 is 0. The molecule has 0 radical (unpaired) electrons. The fourth-order valence-corrected chi connectivity index (χ4v) is 2.38. The Hall–Kier alpha value is -2.65. The van der Waals surface area contributed by atoms with Crippen LogP contribution in [-0.2, 0) is 17.3 Å². The number of aromatic nitrogens is 1. The Kier molecular flexibility index (Phi) is 4.52. The summed E-state index contributed by atoms with van der Waals surface area (Å²) < 4.78 is 0. The van der Waals surface area contributed by atoms with Gasteiger partial charge in [0.1, 0.15) is 0 Å². The molecule has 0 atom stereocenters. The molecule has 2 rings (SSSR count). The van der Waals surface area contributed by atoms with Crippen molar-refractivity contribution < 1.29 is 0 Å². The van der Waals surface area contributed by atoms with Crippen LogP contribution in [0.3, 0.4) is 0 Å². The number of nitriles is 2. The Morgan fingerprint density at radius 2 is 1.48 bits per heavy atom. The average molecular weight is 303 g/mol. The predicted molar refractivity (Wildman–Crippen MR) is 90.8 cm³/mol. The first-order valence-corrected chi connectivity index (χ1v) is 7.65. The smallest absolute Gasteiger partial charge is 0.0766 e. The maximum atomic E-state index is 9.45. The molecule has 0 aliphatic carbocycles. The second kappa shape index (κ2) is 6.23. The summed E-state index contributed by atoms with van der Waals surface area (Å²) in [6.07, 6.45) is 4.33. The van der Waals surface area contributed by atoms with Gasteiger partial charge in [-0.05, 0) is 62.4 Å². The van der Waals surface area contributed by atoms with E-state index in [1.54, 1.807) is 6.20 Å². The highest BCUT2D eigenvalue weighted by Crippen LogP contribution is 2.31. The van der Waals surface area contributed by atoms with Gasteiger partial charge < -0.3 is 0 Å². The summed E-state index contributed by atoms with van der Waals surface area (Å²) in [5, 5.41) is 18.9. The zero-order chi connectivity index (χ0) is 17.1. The minimum absolute atomic E-state index is 0.592. The molecule has 0 amide bonds. The Balaban J connectivity index is 2.55. The van der Waals surface area contributed by atoms with E-state index in [0.717, 1.165) is 28.7 Å². The summed E-state index contributed by atoms with van der Waals surface area (Å²) in [5.41, 5.74) is 2.91. The Morgan fingerprint density at radius 3 is 1.91 bits per heavy atom. The number of hydrogen-bond acceptors (Lipinski definition) is 3. The van der Waals surface area contributed by atoms with E-state index in [9.17, 15) is 10.5 Å². The normalized spacial score (nSPS) is 11.6. The van der Waals surface area contributed by atoms with Crippen molar-refractivity contribution in [3.05, 3.63) is 65.0 Å². The average Bonchev–Trinajstić information content (AvgIpc) is 2.55. The van der Waals surface area contributed by atoms with E-state index in [0.29, 0.717) is 0 Å². The molecule has 0 spiro atoms. The second-order valence-corrected chi connectivity index (χ2v) is 6.93. The van der Waals surface area contributed by atoms with Crippen LogP contribution in [0.15, 0.2) is 42.7 Å². The van der Waals surface area contributed by atoms with Crippen molar-refractivity contribution in [3.8, 4) is 12.1 Å². The zero-order valence-corrected chi connectivity index (χ0v) is 14.1. The summed E-state index contributed by atoms with van der Waals surface area (Å²) in [6, 6.07) is 14.8. The van der Waals surface area contributed by atoms with Gasteiger partial charge in [0.2, 0.25) is 0 Å². The van der Waals surface area contributed by atoms with Crippen molar-refractivity contribution in [3.63, 3.8) is 0 Å². The third-order valence-corrected chi connectivity index (χ3v) is 4.13. The lowest BCUT2D eigenvalue weighted by atomic mass is 9.78. The molecule has 3 nitrogen and oxygen atoms in total. The molecule has 0 aliphatic heterocycles. The van der Waals surface area contributed by atoms with Gasteiger partial charge in [0.05, 0.1) is 23.0 Å². The topological polar surface area (TPSA) is 60.5 Å². The van der Waals surface area contributed by atoms with Gasteiger partial charge in [0.25, 0.3) is 0 Å². The molecule has 0 bridgehead atoms. The number of pyridine rings is 1. The largest absolute Gasteiger partial charge is 0.264 e. The van der Waals surface area contributed by atoms with E-state index in [2.05, 4.69) is 29.3 Å². The molecule has 23 heavy (non-hydrogen) atoms. The van der Waals surface area contributed by atoms with Crippen LogP contribution in [0.25, 0.3) is 0 Å². The zero-order valence-electron chi connectivity index (χ0n) is 14.1. The van der Waals surface area contributed by atoms with Crippen LogP contribution in [0.2, 0.25) is 0 Å². The lowest BCUT2D eigenvalue weighted by Crippen LogP contribution is -2.19. The van der Waals surface area contributed by atoms with Crippen LogP contribution in [0.1, 0.15) is 49.9 Å². The van der Waals surface area contributed by atoms with Crippen LogP contribution >= 0.6 is 0 Å². The molecular formula is C20H21N3. The molecule has 1 aromatic heterocycles. The first kappa shape index (κ1) is 16.7. The maximum Gasteiger partial charge on any atom is 0.0766 e. The quantitative estimate of drug-likeness (QED) is 0.847. The molecule has 1 aromatic carbocycles. The van der Waals surface area contributed by atoms with Crippen LogP contribution in [0, 0.1) is 22.7 Å². The Labute approximate surface area is 138 Å². The van der Waals surface area contributed by atoms with E-state index in [1.807, 2.05) is 52.1 Å². The van der Waals surface area contributed by atoms with E-state index in [1.165, 1.54) is 0 Å². The fraction of sp³-hybridized carbons (Fsp3) is 0.350. The van der Waals surface area contributed by atoms with Crippen molar-refractivity contribution >= 4 is 0 Å². The van der Waals surface area contributed by atoms with E-state index < -0.39 is 10.8 Å². The van der Waals surface area contributed by atoms with Gasteiger partial charge in [-0.1, -0.05) is 24.3 Å². The molecular weight excluding hydrogens is 282 g/mol. The lowest BCUT2D eigenvalue weighted by Gasteiger charge is -2.23. The van der Waals surface area contributed by atoms with Crippen LogP contribution in [0.4, 0.5) is 0 Å². The van der Waals surface area contributed by atoms with Gasteiger partial charge in [0.15, 0.2) is 0 Å². The number of benzene rings is 1. The van der Waals surface area contributed by atoms with Crippen molar-refractivity contribution in [1.29, 1.82) is 10.5 Å². The Morgan fingerprint density at radius 1 is 0.913 bits per heavy atom. The maximum absolute atomic E-state index is 9.45. The van der Waals surface area contributed by atoms with E-state index in [4.69, 9.17) is 0 Å². The number of rotatable bonds is 4. The first-order chi connectivity index (χ1) is 10.8. The standard InChI is InChI=1S/C20H21N3/c1-19(2,13-21)17-9-16(8-15-6-5-7-23-12-15)10-18(11-17)20(3,4)14-22/h5-7,9-12H,8H2,1-4H3. The number of hydrogen-bond donors (Lipinski definition) is 0. The van der Waals surface area contributed by atoms with E-state index in [-0.39, 0.29) is 0 Å². The monoisotopic (exact) mass is 303 g/mol. The van der Waals surface area contributed by atoms with Gasteiger partial charge in [0, 0.05) is 12.4 Å². The highest BCUT2D eigenvalue weighted by atomic mass is 14.6. The highest BCUT2D eigenvalue weighted by Gasteiger charge is 2.26. The molecule has 1 heterocycles. The summed E-state index contributed by atoms with van der Waals surface area (Å²) in [4.78, 5) is 4.15. The minimum atomic E-state index is -0.592. The highest BCUT2D eigenvalue weighted by molar-refractivity contribution is 5.43. The molecule has 0 saturated heterocycles. The molecule has 2 aromatic rings. The summed E-state index contributed by atoms with van der Waals surface area (Å²) in [7, 11) is 0. The second-order valence-electron chi connectivity index (χ2n) is 6.93. The van der Waals surface area contributed by atoms with Gasteiger partial charge >= 0.3 is 0 Å². The molecule has 0 aliphatic rings. The third kappa shape index (κ3) is 3.76.